The highest BCUT2D eigenvalue weighted by atomic mass is 32.2. The van der Waals surface area contributed by atoms with Crippen LogP contribution < -0.4 is 0 Å². The van der Waals surface area contributed by atoms with Gasteiger partial charge in [0.15, 0.2) is 5.75 Å². The second kappa shape index (κ2) is 6.18. The summed E-state index contributed by atoms with van der Waals surface area (Å²) in [5.74, 6) is -0.437. The molecule has 6 heteroatoms. The largest absolute Gasteiger partial charge is 0.377 e. The smallest absolute Gasteiger partial charge is 0.227 e. The predicted molar refractivity (Wildman–Crippen MR) is 60.2 cm³/mol. The molecule has 1 unspecified atom stereocenters. The molecular formula is C10H18N2O3S. The molecule has 1 saturated heterocycles. The van der Waals surface area contributed by atoms with Crippen LogP contribution in [0.1, 0.15) is 26.2 Å². The topological polar surface area (TPSA) is 70.4 Å². The van der Waals surface area contributed by atoms with Crippen molar-refractivity contribution in [1.82, 2.24) is 4.31 Å². The molecule has 1 rings (SSSR count). The third-order valence-corrected chi connectivity index (χ3v) is 4.15. The van der Waals surface area contributed by atoms with Gasteiger partial charge in [0.2, 0.25) is 10.0 Å². The third-order valence-electron chi connectivity index (χ3n) is 2.54. The Labute approximate surface area is 97.0 Å². The maximum Gasteiger partial charge on any atom is 0.227 e. The van der Waals surface area contributed by atoms with E-state index in [2.05, 4.69) is 0 Å². The van der Waals surface area contributed by atoms with Gasteiger partial charge in [-0.3, -0.25) is 0 Å². The molecule has 5 nitrogen and oxygen atoms in total. The summed E-state index contributed by atoms with van der Waals surface area (Å²) in [6.45, 7) is 3.59. The lowest BCUT2D eigenvalue weighted by Gasteiger charge is -2.31. The van der Waals surface area contributed by atoms with Crippen molar-refractivity contribution in [2.75, 3.05) is 25.4 Å². The molecule has 1 heterocycles. The number of hydrogen-bond acceptors (Lipinski definition) is 4. The second-order valence-corrected chi connectivity index (χ2v) is 5.88. The van der Waals surface area contributed by atoms with Gasteiger partial charge in [-0.05, 0) is 19.3 Å². The molecule has 1 fully saturated rings. The Morgan fingerprint density at radius 2 is 2.31 bits per heavy atom. The molecule has 0 aromatic heterocycles. The minimum Gasteiger partial charge on any atom is -0.377 e. The molecule has 0 N–H and O–H groups in total. The number of hydrogen-bond donors (Lipinski definition) is 0. The first-order valence-corrected chi connectivity index (χ1v) is 7.17. The lowest BCUT2D eigenvalue weighted by molar-refractivity contribution is 0.0194. The molecular weight excluding hydrogens is 228 g/mol. The third kappa shape index (κ3) is 3.74. The lowest BCUT2D eigenvalue weighted by Crippen LogP contribution is -2.44. The summed E-state index contributed by atoms with van der Waals surface area (Å²) in [7, 11) is -3.40. The van der Waals surface area contributed by atoms with E-state index in [9.17, 15) is 8.42 Å². The molecule has 0 radical (unpaired) electrons. The van der Waals surface area contributed by atoms with Crippen molar-refractivity contribution >= 4 is 10.0 Å². The van der Waals surface area contributed by atoms with Crippen molar-refractivity contribution in [3.05, 3.63) is 0 Å². The number of nitriles is 1. The van der Waals surface area contributed by atoms with Crippen LogP contribution in [0.15, 0.2) is 0 Å². The predicted octanol–water partition coefficient (Wildman–Crippen LogP) is 0.731. The Bertz CT molecular complexity index is 348. The summed E-state index contributed by atoms with van der Waals surface area (Å²) in [5.41, 5.74) is 0. The van der Waals surface area contributed by atoms with Crippen LogP contribution in [0.25, 0.3) is 0 Å². The van der Waals surface area contributed by atoms with E-state index in [1.165, 1.54) is 4.31 Å². The fourth-order valence-corrected chi connectivity index (χ4v) is 2.90. The molecule has 0 aromatic carbocycles. The van der Waals surface area contributed by atoms with E-state index in [4.69, 9.17) is 10.00 Å². The summed E-state index contributed by atoms with van der Waals surface area (Å²) >= 11 is 0. The number of rotatable bonds is 5. The van der Waals surface area contributed by atoms with Crippen molar-refractivity contribution in [2.24, 2.45) is 0 Å². The Kier molecular flexibility index (Phi) is 5.19. The van der Waals surface area contributed by atoms with Crippen LogP contribution in [0.2, 0.25) is 0 Å². The fourth-order valence-electron chi connectivity index (χ4n) is 1.75. The summed E-state index contributed by atoms with van der Waals surface area (Å²) in [6.07, 6.45) is 2.63. The zero-order valence-corrected chi connectivity index (χ0v) is 10.4. The van der Waals surface area contributed by atoms with Crippen LogP contribution >= 0.6 is 0 Å². The molecule has 1 aliphatic rings. The van der Waals surface area contributed by atoms with Gasteiger partial charge in [0, 0.05) is 19.7 Å². The minimum atomic E-state index is -3.40. The average molecular weight is 246 g/mol. The van der Waals surface area contributed by atoms with Gasteiger partial charge in [-0.1, -0.05) is 6.92 Å². The first-order valence-electron chi connectivity index (χ1n) is 5.56. The van der Waals surface area contributed by atoms with Gasteiger partial charge in [0.05, 0.1) is 12.2 Å². The number of sulfonamides is 1. The number of piperidine rings is 1. The van der Waals surface area contributed by atoms with E-state index in [0.29, 0.717) is 19.7 Å². The number of nitrogens with zero attached hydrogens (tertiary/aromatic N) is 2. The lowest BCUT2D eigenvalue weighted by atomic mass is 10.1. The Hall–Kier alpha value is -0.640. The van der Waals surface area contributed by atoms with Crippen molar-refractivity contribution < 1.29 is 13.2 Å². The molecule has 16 heavy (non-hydrogen) atoms. The maximum absolute atomic E-state index is 11.7. The standard InChI is InChI=1S/C10H18N2O3S/c1-2-7-15-10-4-3-6-12(9-10)16(13,14)8-5-11/h10H,2-4,6-9H2,1H3. The van der Waals surface area contributed by atoms with Gasteiger partial charge >= 0.3 is 0 Å². The van der Waals surface area contributed by atoms with Gasteiger partial charge < -0.3 is 4.74 Å². The Balaban J connectivity index is 2.54. The monoisotopic (exact) mass is 246 g/mol. The minimum absolute atomic E-state index is 0.0119. The summed E-state index contributed by atoms with van der Waals surface area (Å²) < 4.78 is 30.2. The number of ether oxygens (including phenoxy) is 1. The molecule has 0 aromatic rings. The van der Waals surface area contributed by atoms with Gasteiger partial charge in [0.1, 0.15) is 0 Å². The Morgan fingerprint density at radius 1 is 1.56 bits per heavy atom. The van der Waals surface area contributed by atoms with Gasteiger partial charge in [-0.15, -0.1) is 0 Å². The SMILES string of the molecule is CCCOC1CCCN(S(=O)(=O)CC#N)C1. The van der Waals surface area contributed by atoms with E-state index >= 15 is 0 Å². The van der Waals surface area contributed by atoms with Crippen molar-refractivity contribution in [2.45, 2.75) is 32.3 Å². The van der Waals surface area contributed by atoms with E-state index in [-0.39, 0.29) is 6.10 Å². The van der Waals surface area contributed by atoms with Gasteiger partial charge in [-0.2, -0.15) is 9.57 Å². The average Bonchev–Trinajstić information content (AvgIpc) is 2.27. The van der Waals surface area contributed by atoms with Crippen LogP contribution in [-0.4, -0.2) is 44.3 Å². The van der Waals surface area contributed by atoms with Gasteiger partial charge in [-0.25, -0.2) is 8.42 Å². The molecule has 1 aliphatic heterocycles. The van der Waals surface area contributed by atoms with Crippen LogP contribution in [0, 0.1) is 11.3 Å². The molecule has 0 aliphatic carbocycles. The quantitative estimate of drug-likeness (QED) is 0.717. The summed E-state index contributed by atoms with van der Waals surface area (Å²) in [5, 5.41) is 8.45. The second-order valence-electron chi connectivity index (χ2n) is 3.91. The molecule has 0 amide bonds. The van der Waals surface area contributed by atoms with E-state index in [0.717, 1.165) is 19.3 Å². The summed E-state index contributed by atoms with van der Waals surface area (Å²) in [6, 6.07) is 1.69. The van der Waals surface area contributed by atoms with E-state index < -0.39 is 15.8 Å². The molecule has 0 bridgehead atoms. The van der Waals surface area contributed by atoms with Crippen LogP contribution in [0.3, 0.4) is 0 Å². The van der Waals surface area contributed by atoms with Crippen LogP contribution in [0.4, 0.5) is 0 Å². The first kappa shape index (κ1) is 13.4. The highest BCUT2D eigenvalue weighted by Crippen LogP contribution is 2.16. The van der Waals surface area contributed by atoms with Crippen molar-refractivity contribution in [3.8, 4) is 6.07 Å². The zero-order valence-electron chi connectivity index (χ0n) is 9.55. The fraction of sp³-hybridized carbons (Fsp3) is 0.900. The maximum atomic E-state index is 11.7. The molecule has 1 atom stereocenters. The van der Waals surface area contributed by atoms with E-state index in [1.807, 2.05) is 6.92 Å². The zero-order chi connectivity index (χ0) is 12.0. The van der Waals surface area contributed by atoms with Crippen molar-refractivity contribution in [3.63, 3.8) is 0 Å². The van der Waals surface area contributed by atoms with Crippen LogP contribution in [-0.2, 0) is 14.8 Å². The summed E-state index contributed by atoms with van der Waals surface area (Å²) in [4.78, 5) is 0. The molecule has 0 saturated carbocycles. The first-order chi connectivity index (χ1) is 7.60. The molecule has 92 valence electrons. The molecule has 0 spiro atoms. The van der Waals surface area contributed by atoms with Crippen molar-refractivity contribution in [1.29, 1.82) is 5.26 Å². The van der Waals surface area contributed by atoms with E-state index in [1.54, 1.807) is 6.07 Å². The highest BCUT2D eigenvalue weighted by molar-refractivity contribution is 7.89. The van der Waals surface area contributed by atoms with Crippen LogP contribution in [0.5, 0.6) is 0 Å². The van der Waals surface area contributed by atoms with Gasteiger partial charge in [0.25, 0.3) is 0 Å². The normalized spacial score (nSPS) is 22.9. The highest BCUT2D eigenvalue weighted by Gasteiger charge is 2.28. The Morgan fingerprint density at radius 3 is 2.94 bits per heavy atom.